The molecule has 0 bridgehead atoms. The Labute approximate surface area is 162 Å². The summed E-state index contributed by atoms with van der Waals surface area (Å²) in [5, 5.41) is 7.62. The molecule has 24 heavy (non-hydrogen) atoms. The monoisotopic (exact) mass is 330 g/mol. The van der Waals surface area contributed by atoms with Crippen molar-refractivity contribution in [3.63, 3.8) is 0 Å². The van der Waals surface area contributed by atoms with Gasteiger partial charge < -0.3 is 5.41 Å². The maximum Gasteiger partial charge on any atom is 0.0847 e. The van der Waals surface area contributed by atoms with E-state index in [1.807, 2.05) is 0 Å². The second kappa shape index (κ2) is 7.87. The Morgan fingerprint density at radius 1 is 1.25 bits per heavy atom. The van der Waals surface area contributed by atoms with Crippen molar-refractivity contribution in [1.29, 1.82) is 5.41 Å². The van der Waals surface area contributed by atoms with E-state index in [2.05, 4.69) is 4.98 Å². The van der Waals surface area contributed by atoms with Crippen LogP contribution in [0.4, 0.5) is 0 Å². The first-order valence-electron chi connectivity index (χ1n) is 13.3. The Hall–Kier alpha value is -2.48. The maximum absolute atomic E-state index is 8.70. The summed E-state index contributed by atoms with van der Waals surface area (Å²) in [5.41, 5.74) is -2.79. The second-order valence-corrected chi connectivity index (χ2v) is 6.02. The van der Waals surface area contributed by atoms with E-state index < -0.39 is 83.3 Å². The largest absolute Gasteiger partial charge is 0.309 e. The zero-order valence-electron chi connectivity index (χ0n) is 26.0. The summed E-state index contributed by atoms with van der Waals surface area (Å²) >= 11 is 0. The van der Waals surface area contributed by atoms with E-state index in [4.69, 9.17) is 21.9 Å². The highest BCUT2D eigenvalue weighted by molar-refractivity contribution is 5.91. The SMILES string of the molecule is [2H]C(=N)/C([2H])=C(\C([2H])=C(/C)c1cc([2H])c([2H])c([2H])c1[2H])c1c([2H])nc(C([2H])([2H])C(C)(C)C)c([2H])c1[2H]. The van der Waals surface area contributed by atoms with Crippen molar-refractivity contribution in [2.24, 2.45) is 5.41 Å². The van der Waals surface area contributed by atoms with Gasteiger partial charge in [0.05, 0.1) is 13.7 Å². The Morgan fingerprint density at radius 3 is 2.75 bits per heavy atom. The molecule has 0 atom stereocenters. The van der Waals surface area contributed by atoms with E-state index in [-0.39, 0.29) is 17.2 Å². The predicted octanol–water partition coefficient (Wildman–Crippen LogP) is 5.81. The third-order valence-corrected chi connectivity index (χ3v) is 2.78. The molecule has 2 rings (SSSR count). The van der Waals surface area contributed by atoms with Gasteiger partial charge in [-0.3, -0.25) is 4.98 Å². The molecule has 0 saturated carbocycles. The van der Waals surface area contributed by atoms with Crippen LogP contribution in [0.25, 0.3) is 11.1 Å². The molecule has 0 unspecified atom stereocenters. The summed E-state index contributed by atoms with van der Waals surface area (Å²) in [4.78, 5) is 3.91. The topological polar surface area (TPSA) is 36.7 Å². The second-order valence-electron chi connectivity index (χ2n) is 6.02. The lowest BCUT2D eigenvalue weighted by molar-refractivity contribution is 0.406. The van der Waals surface area contributed by atoms with Gasteiger partial charge in [-0.05, 0) is 47.5 Å². The van der Waals surface area contributed by atoms with Crippen molar-refractivity contribution in [1.82, 2.24) is 4.98 Å². The third kappa shape index (κ3) is 5.31. The van der Waals surface area contributed by atoms with Gasteiger partial charge in [-0.1, -0.05) is 63.1 Å². The molecule has 124 valence electrons. The maximum atomic E-state index is 8.70. The Bertz CT molecular complexity index is 1320. The molecular weight excluding hydrogens is 292 g/mol. The predicted molar refractivity (Wildman–Crippen MR) is 104 cm³/mol. The van der Waals surface area contributed by atoms with Crippen LogP contribution in [0.2, 0.25) is 0 Å². The number of benzene rings is 1. The summed E-state index contributed by atoms with van der Waals surface area (Å²) in [6.07, 6.45) is -4.00. The van der Waals surface area contributed by atoms with Gasteiger partial charge in [0, 0.05) is 26.4 Å². The zero-order chi connectivity index (χ0) is 28.1. The van der Waals surface area contributed by atoms with Gasteiger partial charge in [0.25, 0.3) is 0 Å². The van der Waals surface area contributed by atoms with Crippen LogP contribution in [-0.4, -0.2) is 11.2 Å². The van der Waals surface area contributed by atoms with Crippen molar-refractivity contribution >= 4 is 17.3 Å². The number of rotatable bonds is 5. The zero-order valence-corrected chi connectivity index (χ0v) is 14.0. The van der Waals surface area contributed by atoms with Gasteiger partial charge in [0.1, 0.15) is 0 Å². The first-order chi connectivity index (χ1) is 16.3. The van der Waals surface area contributed by atoms with E-state index in [1.165, 1.54) is 6.92 Å². The summed E-state index contributed by atoms with van der Waals surface area (Å²) in [5.74, 6) is 0. The highest BCUT2D eigenvalue weighted by Crippen LogP contribution is 2.23. The molecule has 1 aromatic heterocycles. The molecule has 0 saturated heterocycles. The molecule has 0 fully saturated rings. The molecule has 0 spiro atoms. The number of aromatic nitrogens is 1. The van der Waals surface area contributed by atoms with E-state index in [9.17, 15) is 0 Å². The van der Waals surface area contributed by atoms with E-state index in [0.717, 1.165) is 6.07 Å². The highest BCUT2D eigenvalue weighted by Gasteiger charge is 2.12. The van der Waals surface area contributed by atoms with Crippen molar-refractivity contribution in [2.45, 2.75) is 34.1 Å². The smallest absolute Gasteiger partial charge is 0.0847 e. The van der Waals surface area contributed by atoms with E-state index >= 15 is 0 Å². The number of allylic oxidation sites excluding steroid dienone is 4. The molecule has 1 aromatic carbocycles. The quantitative estimate of drug-likeness (QED) is 0.545. The lowest BCUT2D eigenvalue weighted by atomic mass is 9.90. The average molecular weight is 331 g/mol. The fraction of sp³-hybridized carbons (Fsp3) is 0.273. The van der Waals surface area contributed by atoms with Crippen LogP contribution in [0, 0.1) is 10.8 Å². The summed E-state index contributed by atoms with van der Waals surface area (Å²) in [6.45, 7) is 6.03. The number of nitrogens with one attached hydrogen (secondary N) is 1. The molecule has 0 aliphatic rings. The molecule has 1 heterocycles. The first-order valence-corrected chi connectivity index (χ1v) is 7.27. The van der Waals surface area contributed by atoms with Gasteiger partial charge in [0.2, 0.25) is 0 Å². The van der Waals surface area contributed by atoms with Gasteiger partial charge >= 0.3 is 0 Å². The highest BCUT2D eigenvalue weighted by atomic mass is 14.7. The minimum Gasteiger partial charge on any atom is -0.309 e. The normalized spacial score (nSPS) is 21.5. The first kappa shape index (κ1) is 7.60. The minimum atomic E-state index is -2.22. The van der Waals surface area contributed by atoms with Crippen LogP contribution < -0.4 is 0 Å². The summed E-state index contributed by atoms with van der Waals surface area (Å²) < 4.78 is 98.4. The van der Waals surface area contributed by atoms with Crippen molar-refractivity contribution < 1.29 is 16.4 Å². The molecule has 1 N–H and O–H groups in total. The number of nitrogens with zero attached hydrogens (tertiary/aromatic N) is 1. The van der Waals surface area contributed by atoms with E-state index in [1.54, 1.807) is 20.8 Å². The van der Waals surface area contributed by atoms with Crippen LogP contribution in [0.3, 0.4) is 0 Å². The van der Waals surface area contributed by atoms with Crippen molar-refractivity contribution in [2.75, 3.05) is 0 Å². The van der Waals surface area contributed by atoms with Crippen LogP contribution >= 0.6 is 0 Å². The molecular formula is C22H26N2. The number of hydrogen-bond donors (Lipinski definition) is 1. The standard InChI is InChI=1S/C22H26N2/c1-17(18-8-6-5-7-9-18)14-19(12-13-23)20-10-11-21(24-16-20)15-22(2,3)4/h5-14,16,23H,15H2,1-4H3/b17-14+,19-12+,23-13?/i5D,6D,7D,8D,10D,11D,12D,13D,14D,15D2,16D. The van der Waals surface area contributed by atoms with Crippen molar-refractivity contribution in [3.8, 4) is 0 Å². The molecule has 0 radical (unpaired) electrons. The van der Waals surface area contributed by atoms with Gasteiger partial charge in [-0.2, -0.15) is 0 Å². The third-order valence-electron chi connectivity index (χ3n) is 2.78. The molecule has 2 nitrogen and oxygen atoms in total. The van der Waals surface area contributed by atoms with E-state index in [0.29, 0.717) is 0 Å². The summed E-state index contributed by atoms with van der Waals surface area (Å²) in [6, 6.07) is -3.64. The number of pyridine rings is 1. The van der Waals surface area contributed by atoms with Crippen LogP contribution in [0.1, 0.15) is 61.0 Å². The molecule has 0 aliphatic heterocycles. The lowest BCUT2D eigenvalue weighted by Crippen LogP contribution is -2.10. The van der Waals surface area contributed by atoms with Crippen LogP contribution in [0.5, 0.6) is 0 Å². The molecule has 2 aromatic rings. The Morgan fingerprint density at radius 2 is 2.04 bits per heavy atom. The van der Waals surface area contributed by atoms with Crippen LogP contribution in [0.15, 0.2) is 60.6 Å². The minimum absolute atomic E-state index is 0.0811. The fourth-order valence-electron chi connectivity index (χ4n) is 1.78. The average Bonchev–Trinajstić information content (AvgIpc) is 2.77. The lowest BCUT2D eigenvalue weighted by Gasteiger charge is -2.17. The molecule has 0 amide bonds. The van der Waals surface area contributed by atoms with Gasteiger partial charge in [0.15, 0.2) is 0 Å². The molecule has 2 heteroatoms. The van der Waals surface area contributed by atoms with Gasteiger partial charge in [-0.25, -0.2) is 0 Å². The Kier molecular flexibility index (Phi) is 2.49. The fourth-order valence-corrected chi connectivity index (χ4v) is 1.78. The Balaban J connectivity index is 2.99. The van der Waals surface area contributed by atoms with Crippen molar-refractivity contribution in [3.05, 3.63) is 77.4 Å². The van der Waals surface area contributed by atoms with Gasteiger partial charge in [-0.15, -0.1) is 0 Å². The molecule has 0 aliphatic carbocycles. The summed E-state index contributed by atoms with van der Waals surface area (Å²) in [7, 11) is 0. The number of hydrogen-bond acceptors (Lipinski definition) is 2. The van der Waals surface area contributed by atoms with Crippen LogP contribution in [-0.2, 0) is 6.37 Å².